The summed E-state index contributed by atoms with van der Waals surface area (Å²) in [6.07, 6.45) is -2.49. The molecule has 6 heteroatoms. The fourth-order valence-corrected chi connectivity index (χ4v) is 2.52. The van der Waals surface area contributed by atoms with Crippen LogP contribution in [0.1, 0.15) is 5.56 Å². The van der Waals surface area contributed by atoms with E-state index < -0.39 is 11.7 Å². The Bertz CT molecular complexity index is 760. The molecule has 0 unspecified atom stereocenters. The molecule has 0 aliphatic heterocycles. The molecule has 0 N–H and O–H groups in total. The third kappa shape index (κ3) is 2.20. The number of imidazole rings is 1. The number of halogens is 4. The van der Waals surface area contributed by atoms with Crippen LogP contribution in [0.4, 0.5) is 13.2 Å². The standard InChI is InChI=1S/C14H8BrF3N2/c15-13-19-12(11-3-1-2-8-20(11)13)9-4-6-10(7-5-9)14(16,17)18/h1-8H. The highest BCUT2D eigenvalue weighted by Gasteiger charge is 2.30. The van der Waals surface area contributed by atoms with E-state index in [1.165, 1.54) is 12.1 Å². The molecule has 20 heavy (non-hydrogen) atoms. The van der Waals surface area contributed by atoms with Gasteiger partial charge in [0.25, 0.3) is 0 Å². The molecule has 0 aliphatic rings. The highest BCUT2D eigenvalue weighted by atomic mass is 79.9. The summed E-state index contributed by atoms with van der Waals surface area (Å²) < 4.78 is 40.1. The van der Waals surface area contributed by atoms with E-state index in [1.807, 2.05) is 28.8 Å². The fraction of sp³-hybridized carbons (Fsp3) is 0.0714. The molecule has 0 atom stereocenters. The zero-order valence-corrected chi connectivity index (χ0v) is 11.6. The second kappa shape index (κ2) is 4.63. The first-order valence-electron chi connectivity index (χ1n) is 5.77. The maximum absolute atomic E-state index is 12.6. The van der Waals surface area contributed by atoms with E-state index in [4.69, 9.17) is 0 Å². The molecule has 0 amide bonds. The van der Waals surface area contributed by atoms with Crippen molar-refractivity contribution in [1.82, 2.24) is 9.38 Å². The van der Waals surface area contributed by atoms with Gasteiger partial charge in [-0.1, -0.05) is 18.2 Å². The Hall–Kier alpha value is -1.82. The Kier molecular flexibility index (Phi) is 3.05. The maximum Gasteiger partial charge on any atom is 0.416 e. The number of hydrogen-bond donors (Lipinski definition) is 0. The number of fused-ring (bicyclic) bond motifs is 1. The number of alkyl halides is 3. The summed E-state index contributed by atoms with van der Waals surface area (Å²) in [4.78, 5) is 4.35. The minimum absolute atomic E-state index is 0.614. The summed E-state index contributed by atoms with van der Waals surface area (Å²) in [7, 11) is 0. The van der Waals surface area contributed by atoms with Crippen LogP contribution < -0.4 is 0 Å². The predicted octanol–water partition coefficient (Wildman–Crippen LogP) is 4.78. The first-order valence-corrected chi connectivity index (χ1v) is 6.56. The molecule has 3 aromatic rings. The molecule has 0 saturated heterocycles. The van der Waals surface area contributed by atoms with Crippen LogP contribution in [0, 0.1) is 0 Å². The van der Waals surface area contributed by atoms with Crippen molar-refractivity contribution >= 4 is 21.4 Å². The number of benzene rings is 1. The molecule has 2 nitrogen and oxygen atoms in total. The van der Waals surface area contributed by atoms with Gasteiger partial charge in [-0.15, -0.1) is 0 Å². The summed E-state index contributed by atoms with van der Waals surface area (Å²) in [6, 6.07) is 10.6. The van der Waals surface area contributed by atoms with Gasteiger partial charge in [-0.3, -0.25) is 4.40 Å². The lowest BCUT2D eigenvalue weighted by molar-refractivity contribution is -0.137. The zero-order chi connectivity index (χ0) is 14.3. The number of aromatic nitrogens is 2. The van der Waals surface area contributed by atoms with Gasteiger partial charge in [-0.25, -0.2) is 4.98 Å². The lowest BCUT2D eigenvalue weighted by Gasteiger charge is -2.06. The van der Waals surface area contributed by atoms with Crippen molar-refractivity contribution < 1.29 is 13.2 Å². The van der Waals surface area contributed by atoms with E-state index in [9.17, 15) is 13.2 Å². The van der Waals surface area contributed by atoms with Gasteiger partial charge in [0, 0.05) is 11.8 Å². The van der Waals surface area contributed by atoms with E-state index in [-0.39, 0.29) is 0 Å². The number of hydrogen-bond acceptors (Lipinski definition) is 1. The third-order valence-electron chi connectivity index (χ3n) is 2.99. The van der Waals surface area contributed by atoms with Crippen LogP contribution >= 0.6 is 15.9 Å². The Labute approximate surface area is 121 Å². The van der Waals surface area contributed by atoms with Crippen LogP contribution in [-0.2, 0) is 6.18 Å². The van der Waals surface area contributed by atoms with E-state index in [0.717, 1.165) is 17.6 Å². The Morgan fingerprint density at radius 1 is 1.00 bits per heavy atom. The van der Waals surface area contributed by atoms with Crippen LogP contribution in [0.3, 0.4) is 0 Å². The molecule has 0 bridgehead atoms. The number of nitrogens with zero attached hydrogens (tertiary/aromatic N) is 2. The van der Waals surface area contributed by atoms with Crippen molar-refractivity contribution in [3.63, 3.8) is 0 Å². The Balaban J connectivity index is 2.12. The van der Waals surface area contributed by atoms with Crippen LogP contribution in [-0.4, -0.2) is 9.38 Å². The van der Waals surface area contributed by atoms with Crippen molar-refractivity contribution in [2.45, 2.75) is 6.18 Å². The molecular weight excluding hydrogens is 333 g/mol. The van der Waals surface area contributed by atoms with Crippen LogP contribution in [0.25, 0.3) is 16.8 Å². The SMILES string of the molecule is FC(F)(F)c1ccc(-c2nc(Br)n3ccccc23)cc1. The lowest BCUT2D eigenvalue weighted by Crippen LogP contribution is -2.04. The number of pyridine rings is 1. The monoisotopic (exact) mass is 340 g/mol. The smallest absolute Gasteiger partial charge is 0.294 e. The van der Waals surface area contributed by atoms with Crippen molar-refractivity contribution in [1.29, 1.82) is 0 Å². The average Bonchev–Trinajstić information content (AvgIpc) is 2.76. The van der Waals surface area contributed by atoms with Crippen LogP contribution in [0.2, 0.25) is 0 Å². The number of rotatable bonds is 1. The third-order valence-corrected chi connectivity index (χ3v) is 3.55. The molecule has 102 valence electrons. The molecule has 1 aromatic carbocycles. The summed E-state index contributed by atoms with van der Waals surface area (Å²) in [5.41, 5.74) is 1.46. The van der Waals surface area contributed by atoms with Gasteiger partial charge in [0.1, 0.15) is 0 Å². The molecule has 2 heterocycles. The van der Waals surface area contributed by atoms with Crippen molar-refractivity contribution in [3.8, 4) is 11.3 Å². The van der Waals surface area contributed by atoms with Crippen molar-refractivity contribution in [3.05, 3.63) is 59.0 Å². The molecule has 0 aliphatic carbocycles. The Morgan fingerprint density at radius 2 is 1.70 bits per heavy atom. The van der Waals surface area contributed by atoms with E-state index >= 15 is 0 Å². The largest absolute Gasteiger partial charge is 0.416 e. The first-order chi connectivity index (χ1) is 9.47. The molecule has 0 radical (unpaired) electrons. The van der Waals surface area contributed by atoms with E-state index in [2.05, 4.69) is 20.9 Å². The van der Waals surface area contributed by atoms with Gasteiger partial charge in [-0.2, -0.15) is 13.2 Å². The summed E-state index contributed by atoms with van der Waals surface area (Å²) in [6.45, 7) is 0. The summed E-state index contributed by atoms with van der Waals surface area (Å²) >= 11 is 3.33. The molecule has 0 spiro atoms. The van der Waals surface area contributed by atoms with Gasteiger partial charge in [0.2, 0.25) is 0 Å². The van der Waals surface area contributed by atoms with Crippen LogP contribution in [0.15, 0.2) is 53.4 Å². The van der Waals surface area contributed by atoms with Gasteiger partial charge >= 0.3 is 6.18 Å². The predicted molar refractivity (Wildman–Crippen MR) is 73.3 cm³/mol. The summed E-state index contributed by atoms with van der Waals surface area (Å²) in [5, 5.41) is 0. The van der Waals surface area contributed by atoms with Gasteiger partial charge < -0.3 is 0 Å². The normalized spacial score (nSPS) is 12.0. The molecule has 2 aromatic heterocycles. The van der Waals surface area contributed by atoms with Crippen LogP contribution in [0.5, 0.6) is 0 Å². The average molecular weight is 341 g/mol. The topological polar surface area (TPSA) is 17.3 Å². The fourth-order valence-electron chi connectivity index (χ4n) is 2.03. The zero-order valence-electron chi connectivity index (χ0n) is 10.0. The van der Waals surface area contributed by atoms with Gasteiger partial charge in [0.15, 0.2) is 4.73 Å². The van der Waals surface area contributed by atoms with E-state index in [1.54, 1.807) is 0 Å². The first kappa shape index (κ1) is 13.2. The van der Waals surface area contributed by atoms with Crippen molar-refractivity contribution in [2.24, 2.45) is 0 Å². The van der Waals surface area contributed by atoms with Crippen molar-refractivity contribution in [2.75, 3.05) is 0 Å². The molecule has 0 fully saturated rings. The molecule has 0 saturated carbocycles. The second-order valence-corrected chi connectivity index (χ2v) is 4.97. The van der Waals surface area contributed by atoms with Gasteiger partial charge in [0.05, 0.1) is 16.8 Å². The minimum Gasteiger partial charge on any atom is -0.294 e. The lowest BCUT2D eigenvalue weighted by atomic mass is 10.1. The Morgan fingerprint density at radius 3 is 2.35 bits per heavy atom. The van der Waals surface area contributed by atoms with Gasteiger partial charge in [-0.05, 0) is 40.2 Å². The quantitative estimate of drug-likeness (QED) is 0.623. The molecule has 3 rings (SSSR count). The molecular formula is C14H8BrF3N2. The summed E-state index contributed by atoms with van der Waals surface area (Å²) in [5.74, 6) is 0. The minimum atomic E-state index is -4.32. The highest BCUT2D eigenvalue weighted by molar-refractivity contribution is 9.10. The maximum atomic E-state index is 12.6. The highest BCUT2D eigenvalue weighted by Crippen LogP contribution is 2.32. The second-order valence-electron chi connectivity index (χ2n) is 4.26. The van der Waals surface area contributed by atoms with E-state index in [0.29, 0.717) is 16.0 Å².